The van der Waals surface area contributed by atoms with Gasteiger partial charge in [0.25, 0.3) is 0 Å². The molecule has 4 nitrogen and oxygen atoms in total. The highest BCUT2D eigenvalue weighted by Crippen LogP contribution is 2.22. The minimum atomic E-state index is -0.284. The van der Waals surface area contributed by atoms with Gasteiger partial charge in [-0.1, -0.05) is 12.1 Å². The maximum absolute atomic E-state index is 11.9. The van der Waals surface area contributed by atoms with E-state index in [1.165, 1.54) is 0 Å². The smallest absolute Gasteiger partial charge is 0.336 e. The molecule has 0 saturated carbocycles. The maximum Gasteiger partial charge on any atom is 0.336 e. The van der Waals surface area contributed by atoms with Crippen molar-refractivity contribution >= 4 is 5.97 Å². The number of methoxy groups -OCH3 is 1. The van der Waals surface area contributed by atoms with Gasteiger partial charge in [-0.3, -0.25) is 0 Å². The van der Waals surface area contributed by atoms with Gasteiger partial charge in [0.15, 0.2) is 0 Å². The zero-order valence-electron chi connectivity index (χ0n) is 11.1. The number of rotatable bonds is 4. The van der Waals surface area contributed by atoms with E-state index in [0.717, 1.165) is 37.0 Å². The van der Waals surface area contributed by atoms with E-state index in [0.29, 0.717) is 11.3 Å². The molecule has 0 bridgehead atoms. The summed E-state index contributed by atoms with van der Waals surface area (Å²) in [7, 11) is 1.62. The molecule has 0 amide bonds. The number of hydrogen-bond donors (Lipinski definition) is 1. The Bertz CT molecular complexity index is 477. The van der Waals surface area contributed by atoms with Gasteiger partial charge in [-0.15, -0.1) is 0 Å². The van der Waals surface area contributed by atoms with Gasteiger partial charge in [0.1, 0.15) is 12.4 Å². The number of benzene rings is 1. The third-order valence-electron chi connectivity index (χ3n) is 3.29. The van der Waals surface area contributed by atoms with Crippen LogP contribution in [-0.2, 0) is 16.1 Å². The Morgan fingerprint density at radius 1 is 1.21 bits per heavy atom. The normalized spacial score (nSPS) is 15.2. The van der Waals surface area contributed by atoms with Crippen molar-refractivity contribution in [1.82, 2.24) is 0 Å². The fourth-order valence-electron chi connectivity index (χ4n) is 2.12. The van der Waals surface area contributed by atoms with Crippen LogP contribution in [0, 0.1) is 0 Å². The molecule has 0 fully saturated rings. The van der Waals surface area contributed by atoms with Crippen LogP contribution in [0.4, 0.5) is 0 Å². The van der Waals surface area contributed by atoms with Crippen molar-refractivity contribution in [3.05, 3.63) is 41.1 Å². The van der Waals surface area contributed by atoms with Crippen molar-refractivity contribution in [2.75, 3.05) is 7.11 Å². The fraction of sp³-hybridized carbons (Fsp3) is 0.400. The van der Waals surface area contributed by atoms with E-state index in [9.17, 15) is 4.79 Å². The highest BCUT2D eigenvalue weighted by atomic mass is 16.5. The number of allylic oxidation sites excluding steroid dienone is 1. The Kier molecular flexibility index (Phi) is 4.44. The standard InChI is InChI=1S/C15H19NO3/c1-18-12-8-6-11(7-9-12)10-19-15(17)13-4-2-3-5-14(13)16/h6-9H,2-5,10,16H2,1H3. The van der Waals surface area contributed by atoms with Gasteiger partial charge < -0.3 is 15.2 Å². The summed E-state index contributed by atoms with van der Waals surface area (Å²) in [5.41, 5.74) is 8.12. The monoisotopic (exact) mass is 261 g/mol. The van der Waals surface area contributed by atoms with Crippen LogP contribution in [0.25, 0.3) is 0 Å². The Morgan fingerprint density at radius 2 is 1.89 bits per heavy atom. The fourth-order valence-corrected chi connectivity index (χ4v) is 2.12. The van der Waals surface area contributed by atoms with Gasteiger partial charge in [0.05, 0.1) is 12.7 Å². The van der Waals surface area contributed by atoms with Crippen molar-refractivity contribution in [1.29, 1.82) is 0 Å². The minimum absolute atomic E-state index is 0.263. The molecule has 0 spiro atoms. The summed E-state index contributed by atoms with van der Waals surface area (Å²) in [4.78, 5) is 11.9. The van der Waals surface area contributed by atoms with Crippen molar-refractivity contribution in [2.45, 2.75) is 32.3 Å². The van der Waals surface area contributed by atoms with Crippen molar-refractivity contribution < 1.29 is 14.3 Å². The van der Waals surface area contributed by atoms with E-state index in [4.69, 9.17) is 15.2 Å². The second-order valence-electron chi connectivity index (χ2n) is 4.64. The van der Waals surface area contributed by atoms with Crippen LogP contribution in [0.15, 0.2) is 35.5 Å². The second-order valence-corrected chi connectivity index (χ2v) is 4.64. The molecule has 102 valence electrons. The Morgan fingerprint density at radius 3 is 2.53 bits per heavy atom. The minimum Gasteiger partial charge on any atom is -0.497 e. The lowest BCUT2D eigenvalue weighted by atomic mass is 9.97. The molecule has 0 heterocycles. The number of carbonyl (C=O) groups is 1. The predicted octanol–water partition coefficient (Wildman–Crippen LogP) is 2.53. The Hall–Kier alpha value is -1.97. The Labute approximate surface area is 113 Å². The topological polar surface area (TPSA) is 61.5 Å². The highest BCUT2D eigenvalue weighted by molar-refractivity contribution is 5.89. The summed E-state index contributed by atoms with van der Waals surface area (Å²) < 4.78 is 10.4. The molecule has 1 aliphatic rings. The van der Waals surface area contributed by atoms with Crippen LogP contribution in [-0.4, -0.2) is 13.1 Å². The number of esters is 1. The first-order valence-electron chi connectivity index (χ1n) is 6.48. The van der Waals surface area contributed by atoms with Crippen LogP contribution in [0.3, 0.4) is 0 Å². The summed E-state index contributed by atoms with van der Waals surface area (Å²) in [6.07, 6.45) is 3.59. The molecule has 1 aromatic rings. The van der Waals surface area contributed by atoms with E-state index in [2.05, 4.69) is 0 Å². The van der Waals surface area contributed by atoms with Gasteiger partial charge in [-0.25, -0.2) is 4.79 Å². The highest BCUT2D eigenvalue weighted by Gasteiger charge is 2.18. The third-order valence-corrected chi connectivity index (χ3v) is 3.29. The average molecular weight is 261 g/mol. The number of hydrogen-bond acceptors (Lipinski definition) is 4. The van der Waals surface area contributed by atoms with Crippen molar-refractivity contribution in [2.24, 2.45) is 5.73 Å². The van der Waals surface area contributed by atoms with E-state index in [1.807, 2.05) is 24.3 Å². The lowest BCUT2D eigenvalue weighted by Crippen LogP contribution is -2.17. The van der Waals surface area contributed by atoms with Gasteiger partial charge in [0, 0.05) is 5.70 Å². The molecule has 0 aromatic heterocycles. The molecule has 1 aliphatic carbocycles. The Balaban J connectivity index is 1.92. The molecular weight excluding hydrogens is 242 g/mol. The molecule has 19 heavy (non-hydrogen) atoms. The molecule has 2 N–H and O–H groups in total. The summed E-state index contributed by atoms with van der Waals surface area (Å²) >= 11 is 0. The van der Waals surface area contributed by atoms with Crippen LogP contribution in [0.5, 0.6) is 5.75 Å². The van der Waals surface area contributed by atoms with Gasteiger partial charge in [-0.05, 0) is 43.4 Å². The lowest BCUT2D eigenvalue weighted by Gasteiger charge is -2.16. The molecule has 0 saturated heterocycles. The van der Waals surface area contributed by atoms with Crippen molar-refractivity contribution in [3.8, 4) is 5.75 Å². The molecule has 1 aromatic carbocycles. The molecule has 0 atom stereocenters. The number of nitrogens with two attached hydrogens (primary N) is 1. The lowest BCUT2D eigenvalue weighted by molar-refractivity contribution is -0.140. The van der Waals surface area contributed by atoms with Crippen LogP contribution >= 0.6 is 0 Å². The van der Waals surface area contributed by atoms with Gasteiger partial charge in [-0.2, -0.15) is 0 Å². The predicted molar refractivity (Wildman–Crippen MR) is 72.5 cm³/mol. The zero-order chi connectivity index (χ0) is 13.7. The van der Waals surface area contributed by atoms with Crippen molar-refractivity contribution in [3.63, 3.8) is 0 Å². The van der Waals surface area contributed by atoms with E-state index >= 15 is 0 Å². The largest absolute Gasteiger partial charge is 0.497 e. The molecular formula is C15H19NO3. The second kappa shape index (κ2) is 6.27. The van der Waals surface area contributed by atoms with Gasteiger partial charge in [0.2, 0.25) is 0 Å². The zero-order valence-corrected chi connectivity index (χ0v) is 11.1. The average Bonchev–Trinajstić information content (AvgIpc) is 2.46. The molecule has 2 rings (SSSR count). The van der Waals surface area contributed by atoms with Crippen LogP contribution < -0.4 is 10.5 Å². The molecule has 0 aliphatic heterocycles. The van der Waals surface area contributed by atoms with E-state index < -0.39 is 0 Å². The summed E-state index contributed by atoms with van der Waals surface area (Å²) in [5, 5.41) is 0. The molecule has 4 heteroatoms. The first-order chi connectivity index (χ1) is 9.20. The first-order valence-corrected chi connectivity index (χ1v) is 6.48. The summed E-state index contributed by atoms with van der Waals surface area (Å²) in [5.74, 6) is 0.502. The van der Waals surface area contributed by atoms with Crippen LogP contribution in [0.2, 0.25) is 0 Å². The van der Waals surface area contributed by atoms with E-state index in [1.54, 1.807) is 7.11 Å². The first kappa shape index (κ1) is 13.5. The molecule has 0 unspecified atom stereocenters. The maximum atomic E-state index is 11.9. The summed E-state index contributed by atoms with van der Waals surface area (Å²) in [6.45, 7) is 0.263. The summed E-state index contributed by atoms with van der Waals surface area (Å²) in [6, 6.07) is 7.45. The quantitative estimate of drug-likeness (QED) is 0.846. The van der Waals surface area contributed by atoms with Crippen LogP contribution in [0.1, 0.15) is 31.2 Å². The number of ether oxygens (including phenoxy) is 2. The SMILES string of the molecule is COc1ccc(COC(=O)C2=C(N)CCCC2)cc1. The van der Waals surface area contributed by atoms with E-state index in [-0.39, 0.29) is 12.6 Å². The number of carbonyl (C=O) groups excluding carboxylic acids is 1. The van der Waals surface area contributed by atoms with Gasteiger partial charge >= 0.3 is 5.97 Å². The molecule has 0 radical (unpaired) electrons. The third kappa shape index (κ3) is 3.50.